The van der Waals surface area contributed by atoms with Crippen LogP contribution in [-0.4, -0.2) is 41.4 Å². The van der Waals surface area contributed by atoms with E-state index in [1.165, 1.54) is 0 Å². The summed E-state index contributed by atoms with van der Waals surface area (Å²) in [7, 11) is -1.37. The first kappa shape index (κ1) is 12.5. The van der Waals surface area contributed by atoms with E-state index in [0.29, 0.717) is 12.1 Å². The second-order valence-electron chi connectivity index (χ2n) is 4.69. The number of rotatable bonds is 3. The van der Waals surface area contributed by atoms with Crippen LogP contribution in [0.4, 0.5) is 0 Å². The van der Waals surface area contributed by atoms with Gasteiger partial charge >= 0.3 is 0 Å². The van der Waals surface area contributed by atoms with Crippen LogP contribution in [0.2, 0.25) is 0 Å². The van der Waals surface area contributed by atoms with E-state index in [4.69, 9.17) is 5.73 Å². The fraction of sp³-hybridized carbons (Fsp3) is 0.700. The van der Waals surface area contributed by atoms with Crippen molar-refractivity contribution in [3.8, 4) is 0 Å². The predicted octanol–water partition coefficient (Wildman–Crippen LogP) is -0.783. The van der Waals surface area contributed by atoms with Crippen molar-refractivity contribution in [1.29, 1.82) is 0 Å². The Labute approximate surface area is 100 Å². The zero-order valence-electron chi connectivity index (χ0n) is 9.70. The van der Waals surface area contributed by atoms with Crippen LogP contribution in [-0.2, 0) is 16.9 Å². The third-order valence-electron chi connectivity index (χ3n) is 3.54. The van der Waals surface area contributed by atoms with Crippen molar-refractivity contribution >= 4 is 9.84 Å². The summed E-state index contributed by atoms with van der Waals surface area (Å²) in [6, 6.07) is 1.69. The SMILES string of the molecule is Cn1nccc1C(O)C1(CN)CCS(=O)(=O)C1. The van der Waals surface area contributed by atoms with Gasteiger partial charge in [-0.2, -0.15) is 5.10 Å². The van der Waals surface area contributed by atoms with Crippen LogP contribution in [0.5, 0.6) is 0 Å². The van der Waals surface area contributed by atoms with E-state index in [2.05, 4.69) is 5.10 Å². The van der Waals surface area contributed by atoms with E-state index >= 15 is 0 Å². The highest BCUT2D eigenvalue weighted by Crippen LogP contribution is 2.42. The lowest BCUT2D eigenvalue weighted by Crippen LogP contribution is -2.38. The number of hydrogen-bond acceptors (Lipinski definition) is 5. The minimum absolute atomic E-state index is 0.0527. The number of hydrogen-bond donors (Lipinski definition) is 2. The van der Waals surface area contributed by atoms with E-state index < -0.39 is 21.4 Å². The van der Waals surface area contributed by atoms with Crippen LogP contribution < -0.4 is 5.73 Å². The van der Waals surface area contributed by atoms with Crippen LogP contribution in [0.1, 0.15) is 18.2 Å². The minimum Gasteiger partial charge on any atom is -0.386 e. The van der Waals surface area contributed by atoms with E-state index in [1.807, 2.05) is 0 Å². The molecule has 6 nitrogen and oxygen atoms in total. The van der Waals surface area contributed by atoms with Crippen LogP contribution in [0, 0.1) is 5.41 Å². The molecule has 0 aliphatic carbocycles. The summed E-state index contributed by atoms with van der Waals surface area (Å²) in [4.78, 5) is 0. The van der Waals surface area contributed by atoms with E-state index in [9.17, 15) is 13.5 Å². The van der Waals surface area contributed by atoms with Gasteiger partial charge in [-0.3, -0.25) is 4.68 Å². The van der Waals surface area contributed by atoms with Crippen LogP contribution >= 0.6 is 0 Å². The fourth-order valence-corrected chi connectivity index (χ4v) is 4.55. The third-order valence-corrected chi connectivity index (χ3v) is 5.38. The second kappa shape index (κ2) is 4.08. The van der Waals surface area contributed by atoms with Crippen LogP contribution in [0.3, 0.4) is 0 Å². The molecule has 0 saturated carbocycles. The van der Waals surface area contributed by atoms with Crippen molar-refractivity contribution in [2.45, 2.75) is 12.5 Å². The van der Waals surface area contributed by atoms with E-state index in [1.54, 1.807) is 24.0 Å². The second-order valence-corrected chi connectivity index (χ2v) is 6.87. The number of sulfone groups is 1. The molecule has 0 radical (unpaired) electrons. The molecule has 17 heavy (non-hydrogen) atoms. The normalized spacial score (nSPS) is 29.4. The Morgan fingerprint density at radius 1 is 1.71 bits per heavy atom. The average molecular weight is 259 g/mol. The smallest absolute Gasteiger partial charge is 0.151 e. The first-order chi connectivity index (χ1) is 7.90. The Morgan fingerprint density at radius 2 is 2.41 bits per heavy atom. The topological polar surface area (TPSA) is 98.2 Å². The molecule has 1 aromatic heterocycles. The van der Waals surface area contributed by atoms with Gasteiger partial charge in [-0.05, 0) is 12.5 Å². The molecule has 1 aromatic rings. The monoisotopic (exact) mass is 259 g/mol. The maximum atomic E-state index is 11.6. The third kappa shape index (κ3) is 2.10. The number of nitrogens with zero attached hydrogens (tertiary/aromatic N) is 2. The highest BCUT2D eigenvalue weighted by atomic mass is 32.2. The van der Waals surface area contributed by atoms with Crippen molar-refractivity contribution in [2.24, 2.45) is 18.2 Å². The molecule has 1 fully saturated rings. The van der Waals surface area contributed by atoms with Gasteiger partial charge in [-0.25, -0.2) is 8.42 Å². The van der Waals surface area contributed by atoms with Crippen molar-refractivity contribution in [1.82, 2.24) is 9.78 Å². The zero-order valence-corrected chi connectivity index (χ0v) is 10.5. The Hall–Kier alpha value is -0.920. The summed E-state index contributed by atoms with van der Waals surface area (Å²) in [5, 5.41) is 14.3. The van der Waals surface area contributed by atoms with Gasteiger partial charge in [0.25, 0.3) is 0 Å². The van der Waals surface area contributed by atoms with Gasteiger partial charge in [-0.15, -0.1) is 0 Å². The maximum Gasteiger partial charge on any atom is 0.151 e. The summed E-state index contributed by atoms with van der Waals surface area (Å²) in [6.45, 7) is 0.151. The van der Waals surface area contributed by atoms with Crippen molar-refractivity contribution in [2.75, 3.05) is 18.1 Å². The zero-order chi connectivity index (χ0) is 12.7. The molecule has 2 rings (SSSR count). The summed E-state index contributed by atoms with van der Waals surface area (Å²) in [6.07, 6.45) is 1.09. The first-order valence-corrected chi connectivity index (χ1v) is 7.29. The highest BCUT2D eigenvalue weighted by molar-refractivity contribution is 7.91. The molecule has 1 aliphatic heterocycles. The molecule has 96 valence electrons. The van der Waals surface area contributed by atoms with E-state index in [-0.39, 0.29) is 18.1 Å². The van der Waals surface area contributed by atoms with Crippen molar-refractivity contribution in [3.63, 3.8) is 0 Å². The summed E-state index contributed by atoms with van der Waals surface area (Å²) >= 11 is 0. The lowest BCUT2D eigenvalue weighted by molar-refractivity contribution is 0.0406. The Bertz CT molecular complexity index is 511. The standard InChI is InChI=1S/C10H17N3O3S/c1-13-8(2-4-12-13)9(14)10(6-11)3-5-17(15,16)7-10/h2,4,9,14H,3,5-7,11H2,1H3. The van der Waals surface area contributed by atoms with Gasteiger partial charge in [0.2, 0.25) is 0 Å². The molecular formula is C10H17N3O3S. The Kier molecular flexibility index (Phi) is 3.01. The lowest BCUT2D eigenvalue weighted by atomic mass is 9.80. The van der Waals surface area contributed by atoms with Gasteiger partial charge < -0.3 is 10.8 Å². The molecule has 0 amide bonds. The number of aryl methyl sites for hydroxylation is 1. The molecule has 1 aliphatic rings. The molecule has 2 atom stereocenters. The molecule has 7 heteroatoms. The quantitative estimate of drug-likeness (QED) is 0.742. The number of aliphatic hydroxyl groups is 1. The summed E-state index contributed by atoms with van der Waals surface area (Å²) in [5.74, 6) is 0.0436. The average Bonchev–Trinajstić information content (AvgIpc) is 2.82. The first-order valence-electron chi connectivity index (χ1n) is 5.47. The van der Waals surface area contributed by atoms with Crippen LogP contribution in [0.25, 0.3) is 0 Å². The number of aromatic nitrogens is 2. The largest absolute Gasteiger partial charge is 0.386 e. The lowest BCUT2D eigenvalue weighted by Gasteiger charge is -2.31. The molecule has 2 unspecified atom stereocenters. The molecular weight excluding hydrogens is 242 g/mol. The maximum absolute atomic E-state index is 11.6. The Balaban J connectivity index is 2.35. The summed E-state index contributed by atoms with van der Waals surface area (Å²) < 4.78 is 24.7. The number of nitrogens with two attached hydrogens (primary N) is 1. The highest BCUT2D eigenvalue weighted by Gasteiger charge is 2.47. The molecule has 0 bridgehead atoms. The molecule has 2 heterocycles. The van der Waals surface area contributed by atoms with Crippen LogP contribution in [0.15, 0.2) is 12.3 Å². The van der Waals surface area contributed by atoms with E-state index in [0.717, 1.165) is 0 Å². The van der Waals surface area contributed by atoms with Crippen molar-refractivity contribution < 1.29 is 13.5 Å². The molecule has 0 spiro atoms. The molecule has 1 saturated heterocycles. The van der Waals surface area contributed by atoms with Gasteiger partial charge in [0.15, 0.2) is 9.84 Å². The minimum atomic E-state index is -3.08. The molecule has 3 N–H and O–H groups in total. The number of aliphatic hydroxyl groups excluding tert-OH is 1. The van der Waals surface area contributed by atoms with Crippen molar-refractivity contribution in [3.05, 3.63) is 18.0 Å². The van der Waals surface area contributed by atoms with Gasteiger partial charge in [-0.1, -0.05) is 0 Å². The van der Waals surface area contributed by atoms with Gasteiger partial charge in [0, 0.05) is 25.2 Å². The summed E-state index contributed by atoms with van der Waals surface area (Å²) in [5.41, 5.74) is 5.53. The van der Waals surface area contributed by atoms with Gasteiger partial charge in [0.05, 0.1) is 17.2 Å². The molecule has 0 aromatic carbocycles. The Morgan fingerprint density at radius 3 is 2.82 bits per heavy atom. The predicted molar refractivity (Wildman–Crippen MR) is 62.9 cm³/mol. The fourth-order valence-electron chi connectivity index (χ4n) is 2.40. The van der Waals surface area contributed by atoms with Gasteiger partial charge in [0.1, 0.15) is 6.10 Å².